The quantitative estimate of drug-likeness (QED) is 0.842. The van der Waals surface area contributed by atoms with Crippen molar-refractivity contribution in [1.29, 1.82) is 0 Å². The van der Waals surface area contributed by atoms with Gasteiger partial charge in [-0.05, 0) is 49.4 Å². The third kappa shape index (κ3) is 4.28. The lowest BCUT2D eigenvalue weighted by atomic mass is 10.0. The molecule has 2 heterocycles. The Hall–Kier alpha value is -0.430. The highest BCUT2D eigenvalue weighted by Crippen LogP contribution is 2.28. The van der Waals surface area contributed by atoms with Crippen LogP contribution in [0.3, 0.4) is 0 Å². The van der Waals surface area contributed by atoms with Crippen LogP contribution in [0.2, 0.25) is 0 Å². The number of aromatic nitrogens is 2. The molecule has 1 aromatic rings. The van der Waals surface area contributed by atoms with E-state index >= 15 is 0 Å². The first kappa shape index (κ1) is 16.9. The van der Waals surface area contributed by atoms with Crippen LogP contribution in [0.5, 0.6) is 0 Å². The molecule has 0 aliphatic carbocycles. The molecule has 21 heavy (non-hydrogen) atoms. The topological polar surface area (TPSA) is 36.3 Å². The van der Waals surface area contributed by atoms with Crippen molar-refractivity contribution in [1.82, 2.24) is 24.9 Å². The lowest BCUT2D eigenvalue weighted by molar-refractivity contribution is 0.100. The molecule has 0 bridgehead atoms. The summed E-state index contributed by atoms with van der Waals surface area (Å²) in [6, 6.07) is 0.922. The molecule has 120 valence electrons. The van der Waals surface area contributed by atoms with Crippen molar-refractivity contribution in [3.05, 3.63) is 16.4 Å². The Morgan fingerprint density at radius 1 is 1.38 bits per heavy atom. The lowest BCUT2D eigenvalue weighted by Gasteiger charge is -2.39. The summed E-state index contributed by atoms with van der Waals surface area (Å²) >= 11 is 3.65. The standard InChI is InChI=1S/C15H28BrN5/c1-5-6-17-14(15-13(16)10-18-21(15)4)9-12-11-19(2)7-8-20(12)3/h10,12,14,17H,5-9,11H2,1-4H3. The molecule has 2 rings (SSSR count). The van der Waals surface area contributed by atoms with Gasteiger partial charge in [-0.2, -0.15) is 5.10 Å². The summed E-state index contributed by atoms with van der Waals surface area (Å²) in [6.07, 6.45) is 4.15. The molecule has 0 radical (unpaired) electrons. The third-order valence-electron chi connectivity index (χ3n) is 4.40. The fraction of sp³-hybridized carbons (Fsp3) is 0.800. The minimum atomic E-state index is 0.339. The third-order valence-corrected chi connectivity index (χ3v) is 5.01. The van der Waals surface area contributed by atoms with E-state index in [1.165, 1.54) is 5.69 Å². The van der Waals surface area contributed by atoms with Gasteiger partial charge in [0.05, 0.1) is 22.4 Å². The maximum atomic E-state index is 4.38. The van der Waals surface area contributed by atoms with Crippen LogP contribution in [0.25, 0.3) is 0 Å². The van der Waals surface area contributed by atoms with Crippen LogP contribution < -0.4 is 5.32 Å². The first-order valence-corrected chi connectivity index (χ1v) is 8.61. The van der Waals surface area contributed by atoms with Gasteiger partial charge in [0.1, 0.15) is 0 Å². The highest BCUT2D eigenvalue weighted by atomic mass is 79.9. The van der Waals surface area contributed by atoms with Gasteiger partial charge in [-0.25, -0.2) is 0 Å². The van der Waals surface area contributed by atoms with Crippen LogP contribution >= 0.6 is 15.9 Å². The number of rotatable bonds is 6. The molecule has 1 fully saturated rings. The monoisotopic (exact) mass is 357 g/mol. The molecule has 1 N–H and O–H groups in total. The van der Waals surface area contributed by atoms with Crippen molar-refractivity contribution in [2.75, 3.05) is 40.3 Å². The Bertz CT molecular complexity index is 428. The maximum Gasteiger partial charge on any atom is 0.0692 e. The Morgan fingerprint density at radius 2 is 2.14 bits per heavy atom. The van der Waals surface area contributed by atoms with Gasteiger partial charge in [0, 0.05) is 32.7 Å². The maximum absolute atomic E-state index is 4.38. The normalized spacial score (nSPS) is 22.6. The summed E-state index contributed by atoms with van der Waals surface area (Å²) in [5.41, 5.74) is 1.25. The molecule has 0 amide bonds. The van der Waals surface area contributed by atoms with E-state index in [1.54, 1.807) is 0 Å². The highest BCUT2D eigenvalue weighted by Gasteiger charge is 2.28. The minimum absolute atomic E-state index is 0.339. The van der Waals surface area contributed by atoms with Gasteiger partial charge >= 0.3 is 0 Å². The predicted molar refractivity (Wildman–Crippen MR) is 90.5 cm³/mol. The van der Waals surface area contributed by atoms with Crippen LogP contribution in [0.4, 0.5) is 0 Å². The number of hydrogen-bond acceptors (Lipinski definition) is 4. The van der Waals surface area contributed by atoms with Crippen molar-refractivity contribution in [3.63, 3.8) is 0 Å². The Morgan fingerprint density at radius 3 is 2.76 bits per heavy atom. The number of aryl methyl sites for hydroxylation is 1. The average Bonchev–Trinajstić information content (AvgIpc) is 2.78. The fourth-order valence-electron chi connectivity index (χ4n) is 3.05. The van der Waals surface area contributed by atoms with E-state index in [0.29, 0.717) is 12.1 Å². The Balaban J connectivity index is 2.12. The van der Waals surface area contributed by atoms with Crippen LogP contribution in [0.15, 0.2) is 10.7 Å². The summed E-state index contributed by atoms with van der Waals surface area (Å²) in [6.45, 7) is 6.69. The molecule has 0 spiro atoms. The summed E-state index contributed by atoms with van der Waals surface area (Å²) in [5.74, 6) is 0. The van der Waals surface area contributed by atoms with Crippen molar-refractivity contribution in [3.8, 4) is 0 Å². The van der Waals surface area contributed by atoms with Gasteiger partial charge in [0.2, 0.25) is 0 Å². The second-order valence-corrected chi connectivity index (χ2v) is 6.99. The molecule has 5 nitrogen and oxygen atoms in total. The number of piperazine rings is 1. The van der Waals surface area contributed by atoms with E-state index in [2.05, 4.69) is 57.2 Å². The zero-order valence-corrected chi connectivity index (χ0v) is 15.2. The van der Waals surface area contributed by atoms with E-state index in [9.17, 15) is 0 Å². The second kappa shape index (κ2) is 7.72. The minimum Gasteiger partial charge on any atom is -0.309 e. The van der Waals surface area contributed by atoms with Gasteiger partial charge < -0.3 is 15.1 Å². The predicted octanol–water partition coefficient (Wildman–Crippen LogP) is 1.86. The van der Waals surface area contributed by atoms with Crippen LogP contribution in [-0.2, 0) is 7.05 Å². The lowest BCUT2D eigenvalue weighted by Crippen LogP contribution is -2.51. The zero-order chi connectivity index (χ0) is 15.4. The molecule has 1 aliphatic rings. The Kier molecular flexibility index (Phi) is 6.22. The van der Waals surface area contributed by atoms with E-state index in [1.807, 2.05) is 17.9 Å². The molecular formula is C15H28BrN5. The number of nitrogens with one attached hydrogen (secondary N) is 1. The molecule has 2 atom stereocenters. The van der Waals surface area contributed by atoms with Gasteiger partial charge in [-0.3, -0.25) is 4.68 Å². The number of nitrogens with zero attached hydrogens (tertiary/aromatic N) is 4. The molecule has 1 saturated heterocycles. The second-order valence-electron chi connectivity index (χ2n) is 6.14. The van der Waals surface area contributed by atoms with E-state index in [-0.39, 0.29) is 0 Å². The summed E-state index contributed by atoms with van der Waals surface area (Å²) in [4.78, 5) is 4.92. The highest BCUT2D eigenvalue weighted by molar-refractivity contribution is 9.10. The zero-order valence-electron chi connectivity index (χ0n) is 13.6. The van der Waals surface area contributed by atoms with E-state index in [4.69, 9.17) is 0 Å². The smallest absolute Gasteiger partial charge is 0.0692 e. The van der Waals surface area contributed by atoms with E-state index in [0.717, 1.165) is 43.5 Å². The largest absolute Gasteiger partial charge is 0.309 e. The molecule has 2 unspecified atom stereocenters. The summed E-state index contributed by atoms with van der Waals surface area (Å²) in [5, 5.41) is 8.08. The van der Waals surface area contributed by atoms with Crippen LogP contribution in [-0.4, -0.2) is 65.9 Å². The van der Waals surface area contributed by atoms with Gasteiger partial charge in [0.25, 0.3) is 0 Å². The molecule has 0 saturated carbocycles. The first-order valence-electron chi connectivity index (χ1n) is 7.82. The van der Waals surface area contributed by atoms with Crippen molar-refractivity contribution < 1.29 is 0 Å². The molecule has 1 aliphatic heterocycles. The number of likely N-dealkylation sites (N-methyl/N-ethyl adjacent to an activating group) is 2. The van der Waals surface area contributed by atoms with Crippen molar-refractivity contribution >= 4 is 15.9 Å². The number of halogens is 1. The summed E-state index contributed by atoms with van der Waals surface area (Å²) in [7, 11) is 6.48. The average molecular weight is 358 g/mol. The fourth-order valence-corrected chi connectivity index (χ4v) is 3.67. The van der Waals surface area contributed by atoms with Crippen molar-refractivity contribution in [2.24, 2.45) is 7.05 Å². The van der Waals surface area contributed by atoms with Gasteiger partial charge in [0.15, 0.2) is 0 Å². The molecule has 0 aromatic carbocycles. The Labute approximate surface area is 136 Å². The van der Waals surface area contributed by atoms with Gasteiger partial charge in [-0.1, -0.05) is 6.92 Å². The molecule has 6 heteroatoms. The molecule has 1 aromatic heterocycles. The van der Waals surface area contributed by atoms with E-state index < -0.39 is 0 Å². The first-order chi connectivity index (χ1) is 10.0. The van der Waals surface area contributed by atoms with Gasteiger partial charge in [-0.15, -0.1) is 0 Å². The molecular weight excluding hydrogens is 330 g/mol. The van der Waals surface area contributed by atoms with Crippen LogP contribution in [0.1, 0.15) is 31.5 Å². The number of hydrogen-bond donors (Lipinski definition) is 1. The summed E-state index contributed by atoms with van der Waals surface area (Å²) < 4.78 is 3.09. The SMILES string of the molecule is CCCNC(CC1CN(C)CCN1C)c1c(Br)cnn1C. The van der Waals surface area contributed by atoms with Crippen LogP contribution in [0, 0.1) is 0 Å². The van der Waals surface area contributed by atoms with Crippen molar-refractivity contribution in [2.45, 2.75) is 31.8 Å².